The molecule has 4 rings (SSSR count). The molecular formula is C20H16N4O4. The number of nitro groups is 1. The average Bonchev–Trinajstić information content (AvgIpc) is 3.14. The summed E-state index contributed by atoms with van der Waals surface area (Å²) in [7, 11) is 0. The first-order valence-corrected chi connectivity index (χ1v) is 8.59. The molecule has 0 radical (unpaired) electrons. The highest BCUT2D eigenvalue weighted by Gasteiger charge is 2.13. The van der Waals surface area contributed by atoms with Crippen LogP contribution in [0.4, 0.5) is 5.69 Å². The van der Waals surface area contributed by atoms with Crippen LogP contribution in [0.2, 0.25) is 0 Å². The number of nitrogens with zero attached hydrogens (tertiary/aromatic N) is 4. The standard InChI is InChI=1S/C20H16N4O4/c1-12-6-7-17-15(9-18(25)28-19(17)13(12)2)10-23-11-21-20(22-23)14-4-3-5-16(8-14)24(26)27/h3-9,11H,10H2,1-2H3. The van der Waals surface area contributed by atoms with E-state index in [0.717, 1.165) is 22.1 Å². The Morgan fingerprint density at radius 3 is 2.79 bits per heavy atom. The van der Waals surface area contributed by atoms with Gasteiger partial charge < -0.3 is 4.42 Å². The van der Waals surface area contributed by atoms with Gasteiger partial charge in [0.1, 0.15) is 11.9 Å². The molecule has 140 valence electrons. The number of hydrogen-bond donors (Lipinski definition) is 0. The van der Waals surface area contributed by atoms with Gasteiger partial charge in [-0.1, -0.05) is 24.3 Å². The Balaban J connectivity index is 1.72. The minimum absolute atomic E-state index is 0.0219. The molecule has 8 heteroatoms. The van der Waals surface area contributed by atoms with Crippen LogP contribution in [0, 0.1) is 24.0 Å². The molecule has 0 spiro atoms. The van der Waals surface area contributed by atoms with Gasteiger partial charge in [-0.25, -0.2) is 14.5 Å². The monoisotopic (exact) mass is 376 g/mol. The summed E-state index contributed by atoms with van der Waals surface area (Å²) < 4.78 is 6.99. The summed E-state index contributed by atoms with van der Waals surface area (Å²) >= 11 is 0. The molecule has 2 aromatic heterocycles. The molecule has 4 aromatic rings. The number of hydrogen-bond acceptors (Lipinski definition) is 6. The average molecular weight is 376 g/mol. The van der Waals surface area contributed by atoms with Crippen molar-refractivity contribution in [3.8, 4) is 11.4 Å². The van der Waals surface area contributed by atoms with Crippen molar-refractivity contribution in [2.45, 2.75) is 20.4 Å². The number of nitro benzene ring substituents is 1. The van der Waals surface area contributed by atoms with Gasteiger partial charge in [0.2, 0.25) is 0 Å². The molecule has 0 saturated heterocycles. The summed E-state index contributed by atoms with van der Waals surface area (Å²) in [6.07, 6.45) is 1.54. The zero-order chi connectivity index (χ0) is 19.8. The van der Waals surface area contributed by atoms with Gasteiger partial charge in [-0.3, -0.25) is 10.1 Å². The van der Waals surface area contributed by atoms with Gasteiger partial charge in [-0.15, -0.1) is 0 Å². The molecule has 0 aliphatic rings. The van der Waals surface area contributed by atoms with E-state index in [2.05, 4.69) is 10.1 Å². The van der Waals surface area contributed by atoms with Crippen LogP contribution in [0.3, 0.4) is 0 Å². The van der Waals surface area contributed by atoms with Crippen molar-refractivity contribution in [3.63, 3.8) is 0 Å². The zero-order valence-electron chi connectivity index (χ0n) is 15.2. The van der Waals surface area contributed by atoms with E-state index in [9.17, 15) is 14.9 Å². The van der Waals surface area contributed by atoms with E-state index in [4.69, 9.17) is 4.42 Å². The molecule has 0 atom stereocenters. The molecule has 28 heavy (non-hydrogen) atoms. The van der Waals surface area contributed by atoms with E-state index in [1.807, 2.05) is 26.0 Å². The van der Waals surface area contributed by atoms with Crippen LogP contribution in [0.5, 0.6) is 0 Å². The van der Waals surface area contributed by atoms with Crippen molar-refractivity contribution < 1.29 is 9.34 Å². The van der Waals surface area contributed by atoms with E-state index in [-0.39, 0.29) is 5.69 Å². The Kier molecular flexibility index (Phi) is 4.23. The minimum atomic E-state index is -0.458. The highest BCUT2D eigenvalue weighted by molar-refractivity contribution is 5.83. The Morgan fingerprint density at radius 1 is 1.18 bits per heavy atom. The Bertz CT molecular complexity index is 1270. The van der Waals surface area contributed by atoms with Gasteiger partial charge >= 0.3 is 5.63 Å². The lowest BCUT2D eigenvalue weighted by Crippen LogP contribution is -2.07. The maximum atomic E-state index is 12.0. The third kappa shape index (κ3) is 3.16. The van der Waals surface area contributed by atoms with Crippen molar-refractivity contribution in [1.29, 1.82) is 0 Å². The third-order valence-electron chi connectivity index (χ3n) is 4.70. The van der Waals surface area contributed by atoms with Crippen LogP contribution in [0.25, 0.3) is 22.4 Å². The van der Waals surface area contributed by atoms with Crippen LogP contribution in [-0.2, 0) is 6.54 Å². The minimum Gasteiger partial charge on any atom is -0.422 e. The summed E-state index contributed by atoms with van der Waals surface area (Å²) in [6, 6.07) is 11.5. The number of fused-ring (bicyclic) bond motifs is 1. The lowest BCUT2D eigenvalue weighted by Gasteiger charge is -2.08. The molecule has 0 aliphatic heterocycles. The van der Waals surface area contributed by atoms with E-state index in [1.165, 1.54) is 24.5 Å². The van der Waals surface area contributed by atoms with E-state index >= 15 is 0 Å². The predicted octanol–water partition coefficient (Wildman–Crippen LogP) is 3.62. The summed E-state index contributed by atoms with van der Waals surface area (Å²) in [4.78, 5) is 26.8. The zero-order valence-corrected chi connectivity index (χ0v) is 15.2. The maximum Gasteiger partial charge on any atom is 0.336 e. The molecule has 0 aliphatic carbocycles. The second kappa shape index (κ2) is 6.73. The summed E-state index contributed by atoms with van der Waals surface area (Å²) in [6.45, 7) is 4.21. The first-order chi connectivity index (χ1) is 13.4. The Hall–Kier alpha value is -3.81. The van der Waals surface area contributed by atoms with Gasteiger partial charge in [-0.2, -0.15) is 5.10 Å². The molecule has 2 heterocycles. The fraction of sp³-hybridized carbons (Fsp3) is 0.150. The van der Waals surface area contributed by atoms with E-state index < -0.39 is 10.5 Å². The second-order valence-corrected chi connectivity index (χ2v) is 6.55. The van der Waals surface area contributed by atoms with Crippen molar-refractivity contribution in [2.24, 2.45) is 0 Å². The highest BCUT2D eigenvalue weighted by atomic mass is 16.6. The maximum absolute atomic E-state index is 12.0. The van der Waals surface area contributed by atoms with E-state index in [1.54, 1.807) is 16.8 Å². The van der Waals surface area contributed by atoms with Gasteiger partial charge in [-0.05, 0) is 30.5 Å². The van der Waals surface area contributed by atoms with Crippen molar-refractivity contribution in [1.82, 2.24) is 14.8 Å². The summed E-state index contributed by atoms with van der Waals surface area (Å²) in [5, 5.41) is 16.2. The fourth-order valence-corrected chi connectivity index (χ4v) is 3.09. The molecule has 0 saturated carbocycles. The highest BCUT2D eigenvalue weighted by Crippen LogP contribution is 2.24. The second-order valence-electron chi connectivity index (χ2n) is 6.55. The number of non-ortho nitro benzene ring substituents is 1. The van der Waals surface area contributed by atoms with Gasteiger partial charge in [0.05, 0.1) is 11.5 Å². The smallest absolute Gasteiger partial charge is 0.336 e. The number of aromatic nitrogens is 3. The Labute approximate surface area is 159 Å². The van der Waals surface area contributed by atoms with Gasteiger partial charge in [0.15, 0.2) is 5.82 Å². The van der Waals surface area contributed by atoms with Crippen LogP contribution in [0.15, 0.2) is 58.0 Å². The SMILES string of the molecule is Cc1ccc2c(Cn3cnc(-c4cccc([N+](=O)[O-])c4)n3)cc(=O)oc2c1C. The molecular weight excluding hydrogens is 360 g/mol. The number of rotatable bonds is 4. The normalized spacial score (nSPS) is 11.1. The largest absolute Gasteiger partial charge is 0.422 e. The first-order valence-electron chi connectivity index (χ1n) is 8.59. The molecule has 0 unspecified atom stereocenters. The number of aryl methyl sites for hydroxylation is 2. The quantitative estimate of drug-likeness (QED) is 0.306. The first kappa shape index (κ1) is 17.6. The van der Waals surface area contributed by atoms with Crippen LogP contribution in [-0.4, -0.2) is 19.7 Å². The Morgan fingerprint density at radius 2 is 2.00 bits per heavy atom. The topological polar surface area (TPSA) is 104 Å². The predicted molar refractivity (Wildman–Crippen MR) is 103 cm³/mol. The molecule has 0 bridgehead atoms. The molecule has 0 N–H and O–H groups in total. The summed E-state index contributed by atoms with van der Waals surface area (Å²) in [5.74, 6) is 0.378. The van der Waals surface area contributed by atoms with Crippen molar-refractivity contribution in [3.05, 3.63) is 86.0 Å². The van der Waals surface area contributed by atoms with Crippen molar-refractivity contribution in [2.75, 3.05) is 0 Å². The molecule has 8 nitrogen and oxygen atoms in total. The third-order valence-corrected chi connectivity index (χ3v) is 4.70. The van der Waals surface area contributed by atoms with E-state index in [0.29, 0.717) is 23.5 Å². The molecule has 0 fully saturated rings. The van der Waals surface area contributed by atoms with Crippen LogP contribution >= 0.6 is 0 Å². The van der Waals surface area contributed by atoms with Crippen molar-refractivity contribution >= 4 is 16.7 Å². The fourth-order valence-electron chi connectivity index (χ4n) is 3.09. The summed E-state index contributed by atoms with van der Waals surface area (Å²) in [5.41, 5.74) is 3.42. The van der Waals surface area contributed by atoms with Crippen LogP contribution < -0.4 is 5.63 Å². The lowest BCUT2D eigenvalue weighted by atomic mass is 10.0. The van der Waals surface area contributed by atoms with Crippen LogP contribution in [0.1, 0.15) is 16.7 Å². The molecule has 0 amide bonds. The number of benzene rings is 2. The lowest BCUT2D eigenvalue weighted by molar-refractivity contribution is -0.384. The van der Waals surface area contributed by atoms with Gasteiger partial charge in [0.25, 0.3) is 5.69 Å². The molecule has 2 aromatic carbocycles. The van der Waals surface area contributed by atoms with Gasteiger partial charge in [0, 0.05) is 29.1 Å².